The van der Waals surface area contributed by atoms with Gasteiger partial charge in [-0.05, 0) is 26.2 Å². The SMILES string of the molecule is CC1(C(=O)O)CCN(C(=O)CCCC[C@@H]2SC[C@@H]3NC(=O)N[C@@H]32)C1. The predicted octanol–water partition coefficient (Wildman–Crippen LogP) is 1.04. The average molecular weight is 355 g/mol. The highest BCUT2D eigenvalue weighted by Crippen LogP contribution is 2.33. The van der Waals surface area contributed by atoms with Gasteiger partial charge in [0.1, 0.15) is 0 Å². The Hall–Kier alpha value is -1.44. The lowest BCUT2D eigenvalue weighted by molar-refractivity contribution is -0.147. The summed E-state index contributed by atoms with van der Waals surface area (Å²) in [5, 5.41) is 15.6. The predicted molar refractivity (Wildman–Crippen MR) is 90.9 cm³/mol. The molecule has 3 amide bonds. The van der Waals surface area contributed by atoms with Gasteiger partial charge in [-0.1, -0.05) is 6.42 Å². The zero-order chi connectivity index (χ0) is 17.3. The van der Waals surface area contributed by atoms with E-state index in [1.807, 2.05) is 11.8 Å². The molecule has 3 aliphatic rings. The highest BCUT2D eigenvalue weighted by molar-refractivity contribution is 8.00. The second kappa shape index (κ2) is 6.82. The van der Waals surface area contributed by atoms with Crippen LogP contribution >= 0.6 is 11.8 Å². The smallest absolute Gasteiger partial charge is 0.315 e. The van der Waals surface area contributed by atoms with Crippen LogP contribution in [-0.2, 0) is 9.59 Å². The molecule has 4 atom stereocenters. The molecule has 24 heavy (non-hydrogen) atoms. The van der Waals surface area contributed by atoms with Crippen LogP contribution in [0.2, 0.25) is 0 Å². The molecule has 0 aromatic heterocycles. The van der Waals surface area contributed by atoms with E-state index in [-0.39, 0.29) is 24.0 Å². The molecule has 0 spiro atoms. The maximum absolute atomic E-state index is 12.2. The third-order valence-corrected chi connectivity index (χ3v) is 6.92. The molecule has 8 heteroatoms. The van der Waals surface area contributed by atoms with Crippen LogP contribution in [0, 0.1) is 5.41 Å². The summed E-state index contributed by atoms with van der Waals surface area (Å²) >= 11 is 1.89. The normalized spacial score (nSPS) is 34.8. The van der Waals surface area contributed by atoms with Crippen molar-refractivity contribution in [2.45, 2.75) is 56.4 Å². The molecule has 3 aliphatic heterocycles. The zero-order valence-corrected chi connectivity index (χ0v) is 14.7. The van der Waals surface area contributed by atoms with E-state index in [1.54, 1.807) is 11.8 Å². The molecular weight excluding hydrogens is 330 g/mol. The lowest BCUT2D eigenvalue weighted by Gasteiger charge is -2.20. The number of hydrogen-bond acceptors (Lipinski definition) is 4. The van der Waals surface area contributed by atoms with Crippen molar-refractivity contribution in [1.82, 2.24) is 15.5 Å². The van der Waals surface area contributed by atoms with Crippen molar-refractivity contribution in [3.8, 4) is 0 Å². The second-order valence-corrected chi connectivity index (χ2v) is 8.57. The van der Waals surface area contributed by atoms with E-state index >= 15 is 0 Å². The number of amides is 3. The molecule has 0 saturated carbocycles. The Kier molecular flexibility index (Phi) is 4.94. The van der Waals surface area contributed by atoms with E-state index in [9.17, 15) is 19.5 Å². The second-order valence-electron chi connectivity index (χ2n) is 7.30. The van der Waals surface area contributed by atoms with Crippen LogP contribution in [0.4, 0.5) is 4.79 Å². The first-order valence-electron chi connectivity index (χ1n) is 8.59. The van der Waals surface area contributed by atoms with E-state index in [1.165, 1.54) is 0 Å². The van der Waals surface area contributed by atoms with Gasteiger partial charge in [0.05, 0.1) is 17.5 Å². The maximum Gasteiger partial charge on any atom is 0.315 e. The van der Waals surface area contributed by atoms with Gasteiger partial charge in [0, 0.05) is 30.5 Å². The van der Waals surface area contributed by atoms with Crippen molar-refractivity contribution in [1.29, 1.82) is 0 Å². The molecule has 0 bridgehead atoms. The average Bonchev–Trinajstić information content (AvgIpc) is 3.19. The summed E-state index contributed by atoms with van der Waals surface area (Å²) in [4.78, 5) is 36.5. The fourth-order valence-corrected chi connectivity index (χ4v) is 5.31. The Morgan fingerprint density at radius 3 is 2.88 bits per heavy atom. The Morgan fingerprint density at radius 2 is 2.17 bits per heavy atom. The summed E-state index contributed by atoms with van der Waals surface area (Å²) in [5.41, 5.74) is -0.793. The zero-order valence-electron chi connectivity index (χ0n) is 13.9. The number of carboxylic acids is 1. The van der Waals surface area contributed by atoms with Crippen LogP contribution in [0.5, 0.6) is 0 Å². The highest BCUT2D eigenvalue weighted by Gasteiger charge is 2.43. The fourth-order valence-electron chi connectivity index (χ4n) is 3.77. The van der Waals surface area contributed by atoms with Crippen molar-refractivity contribution in [2.24, 2.45) is 5.41 Å². The summed E-state index contributed by atoms with van der Waals surface area (Å²) < 4.78 is 0. The molecular formula is C16H25N3O4S. The van der Waals surface area contributed by atoms with E-state index in [4.69, 9.17) is 0 Å². The summed E-state index contributed by atoms with van der Waals surface area (Å²) in [7, 11) is 0. The van der Waals surface area contributed by atoms with Gasteiger partial charge in [0.25, 0.3) is 0 Å². The van der Waals surface area contributed by atoms with Gasteiger partial charge in [-0.25, -0.2) is 4.79 Å². The molecule has 7 nitrogen and oxygen atoms in total. The summed E-state index contributed by atoms with van der Waals surface area (Å²) in [6.07, 6.45) is 3.77. The van der Waals surface area contributed by atoms with Crippen LogP contribution in [0.3, 0.4) is 0 Å². The third-order valence-electron chi connectivity index (χ3n) is 5.41. The summed E-state index contributed by atoms with van der Waals surface area (Å²) in [6, 6.07) is 0.390. The molecule has 0 aliphatic carbocycles. The monoisotopic (exact) mass is 355 g/mol. The minimum Gasteiger partial charge on any atom is -0.481 e. The topological polar surface area (TPSA) is 98.7 Å². The minimum absolute atomic E-state index is 0.0627. The number of carbonyl (C=O) groups excluding carboxylic acids is 2. The number of aliphatic carboxylic acids is 1. The molecule has 3 saturated heterocycles. The van der Waals surface area contributed by atoms with Crippen LogP contribution in [0.25, 0.3) is 0 Å². The Morgan fingerprint density at radius 1 is 1.38 bits per heavy atom. The van der Waals surface area contributed by atoms with Crippen LogP contribution in [0.1, 0.15) is 39.0 Å². The van der Waals surface area contributed by atoms with Gasteiger partial charge >= 0.3 is 12.0 Å². The van der Waals surface area contributed by atoms with E-state index < -0.39 is 11.4 Å². The number of unbranched alkanes of at least 4 members (excludes halogenated alkanes) is 1. The number of nitrogens with one attached hydrogen (secondary N) is 2. The number of likely N-dealkylation sites (tertiary alicyclic amines) is 1. The number of carboxylic acid groups (broad SMARTS) is 1. The van der Waals surface area contributed by atoms with Gasteiger partial charge in [-0.2, -0.15) is 11.8 Å². The molecule has 134 valence electrons. The van der Waals surface area contributed by atoms with Crippen molar-refractivity contribution in [2.75, 3.05) is 18.8 Å². The largest absolute Gasteiger partial charge is 0.481 e. The van der Waals surface area contributed by atoms with E-state index in [0.717, 1.165) is 25.0 Å². The van der Waals surface area contributed by atoms with E-state index in [2.05, 4.69) is 10.6 Å². The molecule has 0 radical (unpaired) electrons. The molecule has 0 aromatic carbocycles. The minimum atomic E-state index is -0.821. The molecule has 3 fully saturated rings. The van der Waals surface area contributed by atoms with Crippen LogP contribution in [0.15, 0.2) is 0 Å². The standard InChI is InChI=1S/C16H25N3O4S/c1-16(14(21)22)6-7-19(9-16)12(20)5-3-2-4-11-13-10(8-24-11)17-15(23)18-13/h10-11,13H,2-9H2,1H3,(H,21,22)(H2,17,18,23)/t10-,11-,13-,16?/m0/s1. The van der Waals surface area contributed by atoms with Gasteiger partial charge in [-0.3, -0.25) is 9.59 Å². The fraction of sp³-hybridized carbons (Fsp3) is 0.812. The first kappa shape index (κ1) is 17.4. The van der Waals surface area contributed by atoms with E-state index in [0.29, 0.717) is 31.2 Å². The van der Waals surface area contributed by atoms with Crippen LogP contribution in [-0.4, -0.2) is 64.1 Å². The number of hydrogen-bond donors (Lipinski definition) is 3. The first-order chi connectivity index (χ1) is 11.4. The Labute approximate surface area is 145 Å². The summed E-state index contributed by atoms with van der Waals surface area (Å²) in [5.74, 6) is 0.194. The molecule has 0 aromatic rings. The lowest BCUT2D eigenvalue weighted by atomic mass is 9.90. The first-order valence-corrected chi connectivity index (χ1v) is 9.64. The Balaban J connectivity index is 1.36. The van der Waals surface area contributed by atoms with Crippen molar-refractivity contribution in [3.05, 3.63) is 0 Å². The number of rotatable bonds is 6. The number of urea groups is 1. The molecule has 3 N–H and O–H groups in total. The van der Waals surface area contributed by atoms with Crippen molar-refractivity contribution < 1.29 is 19.5 Å². The number of carbonyl (C=O) groups is 3. The highest BCUT2D eigenvalue weighted by atomic mass is 32.2. The number of thioether (sulfide) groups is 1. The van der Waals surface area contributed by atoms with Gasteiger partial charge in [-0.15, -0.1) is 0 Å². The quantitative estimate of drug-likeness (QED) is 0.488. The lowest BCUT2D eigenvalue weighted by Crippen LogP contribution is -2.36. The Bertz CT molecular complexity index is 543. The number of nitrogens with zero attached hydrogens (tertiary/aromatic N) is 1. The van der Waals surface area contributed by atoms with Gasteiger partial charge in [0.15, 0.2) is 0 Å². The van der Waals surface area contributed by atoms with Gasteiger partial charge < -0.3 is 20.6 Å². The van der Waals surface area contributed by atoms with Crippen molar-refractivity contribution in [3.63, 3.8) is 0 Å². The molecule has 3 rings (SSSR count). The third kappa shape index (κ3) is 3.48. The van der Waals surface area contributed by atoms with Crippen LogP contribution < -0.4 is 10.6 Å². The molecule has 1 unspecified atom stereocenters. The van der Waals surface area contributed by atoms with Crippen molar-refractivity contribution >= 4 is 29.7 Å². The number of fused-ring (bicyclic) bond motifs is 1. The summed E-state index contributed by atoms with van der Waals surface area (Å²) in [6.45, 7) is 2.57. The molecule has 3 heterocycles. The van der Waals surface area contributed by atoms with Gasteiger partial charge in [0.2, 0.25) is 5.91 Å². The maximum atomic E-state index is 12.2.